The van der Waals surface area contributed by atoms with E-state index in [1.807, 2.05) is 41.9 Å². The number of nitrogens with one attached hydrogen (secondary N) is 1. The maximum atomic E-state index is 4.31. The smallest absolute Gasteiger partial charge is 0.0762 e. The minimum Gasteiger partial charge on any atom is -0.305 e. The van der Waals surface area contributed by atoms with Crippen molar-refractivity contribution < 1.29 is 0 Å². The lowest BCUT2D eigenvalue weighted by Crippen LogP contribution is -2.16. The molecule has 5 heteroatoms. The molecule has 5 nitrogen and oxygen atoms in total. The third-order valence-corrected chi connectivity index (χ3v) is 2.64. The van der Waals surface area contributed by atoms with Gasteiger partial charge in [0, 0.05) is 33.4 Å². The Morgan fingerprint density at radius 1 is 1.31 bits per heavy atom. The summed E-state index contributed by atoms with van der Waals surface area (Å²) in [6.07, 6.45) is 3.84. The van der Waals surface area contributed by atoms with Gasteiger partial charge in [-0.05, 0) is 18.6 Å². The third-order valence-electron chi connectivity index (χ3n) is 2.64. The molecule has 2 rings (SSSR count). The van der Waals surface area contributed by atoms with Crippen LogP contribution in [0.5, 0.6) is 0 Å². The molecular weight excluding hydrogens is 202 g/mol. The molecule has 0 saturated carbocycles. The van der Waals surface area contributed by atoms with Crippen LogP contribution in [0.4, 0.5) is 0 Å². The summed E-state index contributed by atoms with van der Waals surface area (Å²) in [5, 5.41) is 11.9. The van der Waals surface area contributed by atoms with Crippen molar-refractivity contribution in [3.63, 3.8) is 0 Å². The van der Waals surface area contributed by atoms with Crippen LogP contribution in [0, 0.1) is 6.92 Å². The average Bonchev–Trinajstić information content (AvgIpc) is 2.78. The molecule has 0 aliphatic carbocycles. The van der Waals surface area contributed by atoms with Crippen molar-refractivity contribution in [3.8, 4) is 0 Å². The fraction of sp³-hybridized carbons (Fsp3) is 0.455. The fourth-order valence-electron chi connectivity index (χ4n) is 1.69. The number of hydrogen-bond donors (Lipinski definition) is 1. The Labute approximate surface area is 95.1 Å². The van der Waals surface area contributed by atoms with E-state index >= 15 is 0 Å². The maximum Gasteiger partial charge on any atom is 0.0762 e. The van der Waals surface area contributed by atoms with Crippen LogP contribution < -0.4 is 5.32 Å². The van der Waals surface area contributed by atoms with Crippen LogP contribution in [0.2, 0.25) is 0 Å². The van der Waals surface area contributed by atoms with E-state index in [1.165, 1.54) is 11.3 Å². The van der Waals surface area contributed by atoms with Gasteiger partial charge in [0.05, 0.1) is 17.6 Å². The first-order valence-electron chi connectivity index (χ1n) is 5.33. The normalized spacial score (nSPS) is 10.9. The second kappa shape index (κ2) is 4.49. The predicted molar refractivity (Wildman–Crippen MR) is 61.7 cm³/mol. The van der Waals surface area contributed by atoms with Gasteiger partial charge in [0.15, 0.2) is 0 Å². The van der Waals surface area contributed by atoms with E-state index in [0.29, 0.717) is 0 Å². The second-order valence-electron chi connectivity index (χ2n) is 3.98. The number of rotatable bonds is 4. The van der Waals surface area contributed by atoms with E-state index < -0.39 is 0 Å². The number of aromatic nitrogens is 4. The largest absolute Gasteiger partial charge is 0.305 e. The zero-order chi connectivity index (χ0) is 11.5. The first-order chi connectivity index (χ1) is 7.66. The molecule has 0 unspecified atom stereocenters. The van der Waals surface area contributed by atoms with Crippen molar-refractivity contribution in [2.24, 2.45) is 14.1 Å². The highest BCUT2D eigenvalue weighted by Crippen LogP contribution is 2.05. The van der Waals surface area contributed by atoms with Crippen LogP contribution in [0.15, 0.2) is 18.5 Å². The van der Waals surface area contributed by atoms with Crippen LogP contribution in [-0.4, -0.2) is 19.6 Å². The third kappa shape index (κ3) is 2.30. The van der Waals surface area contributed by atoms with E-state index in [4.69, 9.17) is 0 Å². The van der Waals surface area contributed by atoms with Crippen molar-refractivity contribution in [1.82, 2.24) is 24.9 Å². The first kappa shape index (κ1) is 10.9. The Hall–Kier alpha value is -1.62. The van der Waals surface area contributed by atoms with Gasteiger partial charge in [-0.1, -0.05) is 0 Å². The van der Waals surface area contributed by atoms with Gasteiger partial charge in [0.2, 0.25) is 0 Å². The molecule has 2 aromatic heterocycles. The topological polar surface area (TPSA) is 47.7 Å². The zero-order valence-corrected chi connectivity index (χ0v) is 9.94. The minimum absolute atomic E-state index is 0.783. The maximum absolute atomic E-state index is 4.31. The molecule has 86 valence electrons. The fourth-order valence-corrected chi connectivity index (χ4v) is 1.69. The summed E-state index contributed by atoms with van der Waals surface area (Å²) >= 11 is 0. The van der Waals surface area contributed by atoms with Crippen LogP contribution >= 0.6 is 0 Å². The summed E-state index contributed by atoms with van der Waals surface area (Å²) in [4.78, 5) is 0. The lowest BCUT2D eigenvalue weighted by atomic mass is 10.2. The molecule has 0 spiro atoms. The monoisotopic (exact) mass is 219 g/mol. The molecule has 0 fully saturated rings. The Morgan fingerprint density at radius 2 is 2.12 bits per heavy atom. The minimum atomic E-state index is 0.783. The van der Waals surface area contributed by atoms with Gasteiger partial charge < -0.3 is 5.32 Å². The van der Waals surface area contributed by atoms with Gasteiger partial charge in [-0.25, -0.2) is 0 Å². The molecule has 0 aliphatic heterocycles. The summed E-state index contributed by atoms with van der Waals surface area (Å²) in [5.74, 6) is 0. The summed E-state index contributed by atoms with van der Waals surface area (Å²) in [6.45, 7) is 3.68. The highest BCUT2D eigenvalue weighted by Gasteiger charge is 2.04. The van der Waals surface area contributed by atoms with Gasteiger partial charge in [-0.2, -0.15) is 10.2 Å². The summed E-state index contributed by atoms with van der Waals surface area (Å²) in [7, 11) is 3.89. The Balaban J connectivity index is 1.89. The highest BCUT2D eigenvalue weighted by atomic mass is 15.3. The number of aryl methyl sites for hydroxylation is 3. The molecule has 0 aromatic carbocycles. The van der Waals surface area contributed by atoms with Crippen LogP contribution in [0.3, 0.4) is 0 Å². The van der Waals surface area contributed by atoms with Gasteiger partial charge in [0.1, 0.15) is 0 Å². The van der Waals surface area contributed by atoms with Crippen LogP contribution in [0.25, 0.3) is 0 Å². The van der Waals surface area contributed by atoms with Gasteiger partial charge in [-0.15, -0.1) is 0 Å². The number of hydrogen-bond acceptors (Lipinski definition) is 3. The average molecular weight is 219 g/mol. The summed E-state index contributed by atoms with van der Waals surface area (Å²) in [5.41, 5.74) is 3.49. The van der Waals surface area contributed by atoms with E-state index in [1.54, 1.807) is 0 Å². The molecule has 0 aliphatic rings. The zero-order valence-electron chi connectivity index (χ0n) is 9.94. The predicted octanol–water partition coefficient (Wildman–Crippen LogP) is 0.752. The van der Waals surface area contributed by atoms with E-state index in [9.17, 15) is 0 Å². The summed E-state index contributed by atoms with van der Waals surface area (Å²) in [6, 6.07) is 2.02. The van der Waals surface area contributed by atoms with Crippen molar-refractivity contribution >= 4 is 0 Å². The van der Waals surface area contributed by atoms with E-state index in [-0.39, 0.29) is 0 Å². The van der Waals surface area contributed by atoms with Gasteiger partial charge >= 0.3 is 0 Å². The standard InChI is InChI=1S/C11H17N5/c1-9-6-13-16(3)11(9)8-12-7-10-4-5-15(2)14-10/h4-6,12H,7-8H2,1-3H3. The molecule has 0 amide bonds. The Bertz CT molecular complexity index is 449. The molecule has 0 bridgehead atoms. The Kier molecular flexibility index (Phi) is 3.05. The van der Waals surface area contributed by atoms with Crippen molar-refractivity contribution in [2.45, 2.75) is 20.0 Å². The van der Waals surface area contributed by atoms with E-state index in [2.05, 4.69) is 22.4 Å². The molecule has 1 N–H and O–H groups in total. The molecule has 2 heterocycles. The van der Waals surface area contributed by atoms with Crippen molar-refractivity contribution in [2.75, 3.05) is 0 Å². The van der Waals surface area contributed by atoms with Gasteiger partial charge in [0.25, 0.3) is 0 Å². The molecular formula is C11H17N5. The lowest BCUT2D eigenvalue weighted by Gasteiger charge is -2.04. The molecule has 16 heavy (non-hydrogen) atoms. The van der Waals surface area contributed by atoms with E-state index in [0.717, 1.165) is 18.8 Å². The van der Waals surface area contributed by atoms with Crippen molar-refractivity contribution in [3.05, 3.63) is 35.4 Å². The van der Waals surface area contributed by atoms with Crippen molar-refractivity contribution in [1.29, 1.82) is 0 Å². The van der Waals surface area contributed by atoms with Gasteiger partial charge in [-0.3, -0.25) is 9.36 Å². The highest BCUT2D eigenvalue weighted by molar-refractivity contribution is 5.15. The molecule has 0 atom stereocenters. The second-order valence-corrected chi connectivity index (χ2v) is 3.98. The first-order valence-corrected chi connectivity index (χ1v) is 5.33. The lowest BCUT2D eigenvalue weighted by molar-refractivity contribution is 0.610. The molecule has 0 radical (unpaired) electrons. The van der Waals surface area contributed by atoms with Crippen LogP contribution in [-0.2, 0) is 27.2 Å². The SMILES string of the molecule is Cc1cnn(C)c1CNCc1ccn(C)n1. The molecule has 2 aromatic rings. The van der Waals surface area contributed by atoms with Crippen LogP contribution in [0.1, 0.15) is 17.0 Å². The quantitative estimate of drug-likeness (QED) is 0.825. The summed E-state index contributed by atoms with van der Waals surface area (Å²) < 4.78 is 3.72. The molecule has 0 saturated heterocycles. The Morgan fingerprint density at radius 3 is 2.69 bits per heavy atom. The number of nitrogens with zero attached hydrogens (tertiary/aromatic N) is 4.